The van der Waals surface area contributed by atoms with Crippen molar-refractivity contribution in [3.63, 3.8) is 0 Å². The maximum Gasteiger partial charge on any atom is 0.0361 e. The molecule has 0 spiro atoms. The van der Waals surface area contributed by atoms with E-state index in [0.717, 1.165) is 0 Å². The lowest BCUT2D eigenvalue weighted by molar-refractivity contribution is 1.75. The summed E-state index contributed by atoms with van der Waals surface area (Å²) in [6.45, 7) is 0. The highest BCUT2D eigenvalue weighted by molar-refractivity contribution is 7.23. The van der Waals surface area contributed by atoms with Crippen LogP contribution in [0.15, 0.2) is 133 Å². The Balaban J connectivity index is 1.34. The molecule has 0 saturated carbocycles. The van der Waals surface area contributed by atoms with Gasteiger partial charge in [-0.3, -0.25) is 0 Å². The largest absolute Gasteiger partial charge is 0.135 e. The number of rotatable bonds is 3. The topological polar surface area (TPSA) is 0 Å². The van der Waals surface area contributed by atoms with Gasteiger partial charge in [0.15, 0.2) is 0 Å². The van der Waals surface area contributed by atoms with E-state index in [1.165, 1.54) is 93.9 Å². The van der Waals surface area contributed by atoms with Crippen LogP contribution >= 0.6 is 34.0 Å². The third-order valence-electron chi connectivity index (χ3n) is 8.85. The second-order valence-corrected chi connectivity index (χ2v) is 14.5. The molecule has 10 rings (SSSR count). The van der Waals surface area contributed by atoms with E-state index in [2.05, 4.69) is 133 Å². The zero-order valence-electron chi connectivity index (χ0n) is 22.9. The van der Waals surface area contributed by atoms with Gasteiger partial charge in [-0.2, -0.15) is 0 Å². The lowest BCUT2D eigenvalue weighted by Gasteiger charge is -2.18. The van der Waals surface area contributed by atoms with E-state index in [0.29, 0.717) is 0 Å². The second-order valence-electron chi connectivity index (χ2n) is 11.3. The fraction of sp³-hybridized carbons (Fsp3) is 0. The normalized spacial score (nSPS) is 12.2. The van der Waals surface area contributed by atoms with Crippen LogP contribution < -0.4 is 0 Å². The van der Waals surface area contributed by atoms with E-state index >= 15 is 0 Å². The van der Waals surface area contributed by atoms with Crippen LogP contribution in [0.3, 0.4) is 0 Å². The van der Waals surface area contributed by atoms with Gasteiger partial charge in [-0.25, -0.2) is 0 Å². The summed E-state index contributed by atoms with van der Waals surface area (Å²) in [5.41, 5.74) is 3.96. The number of benzene rings is 7. The molecule has 0 aliphatic carbocycles. The summed E-state index contributed by atoms with van der Waals surface area (Å²) in [5.74, 6) is 0. The quantitative estimate of drug-likeness (QED) is 0.177. The molecule has 3 heterocycles. The van der Waals surface area contributed by atoms with Crippen LogP contribution in [0.25, 0.3) is 93.9 Å². The average molecular weight is 599 g/mol. The summed E-state index contributed by atoms with van der Waals surface area (Å²) in [6, 6.07) is 49.9. The van der Waals surface area contributed by atoms with Gasteiger partial charge in [0.05, 0.1) is 0 Å². The van der Waals surface area contributed by atoms with Crippen molar-refractivity contribution in [2.24, 2.45) is 0 Å². The molecule has 3 heteroatoms. The summed E-state index contributed by atoms with van der Waals surface area (Å²) in [4.78, 5) is 3.98. The minimum atomic E-state index is 1.30. The molecule has 0 amide bonds. The third kappa shape index (κ3) is 3.53. The van der Waals surface area contributed by atoms with Gasteiger partial charge >= 0.3 is 0 Å². The molecule has 0 nitrogen and oxygen atoms in total. The van der Waals surface area contributed by atoms with Crippen LogP contribution in [0.4, 0.5) is 0 Å². The van der Waals surface area contributed by atoms with Crippen molar-refractivity contribution in [3.8, 4) is 31.3 Å². The Morgan fingerprint density at radius 1 is 0.302 bits per heavy atom. The first-order valence-electron chi connectivity index (χ1n) is 14.5. The highest BCUT2D eigenvalue weighted by atomic mass is 32.1. The van der Waals surface area contributed by atoms with Gasteiger partial charge in [-0.1, -0.05) is 91.0 Å². The minimum absolute atomic E-state index is 1.30. The Morgan fingerprint density at radius 3 is 1.23 bits per heavy atom. The maximum atomic E-state index is 2.46. The van der Waals surface area contributed by atoms with Gasteiger partial charge in [0, 0.05) is 39.9 Å². The minimum Gasteiger partial charge on any atom is -0.135 e. The third-order valence-corrected chi connectivity index (χ3v) is 12.3. The van der Waals surface area contributed by atoms with Gasteiger partial charge in [0.25, 0.3) is 0 Å². The Morgan fingerprint density at radius 2 is 0.721 bits per heavy atom. The molecule has 0 saturated heterocycles. The van der Waals surface area contributed by atoms with Crippen LogP contribution in [0.2, 0.25) is 0 Å². The first-order chi connectivity index (χ1) is 21.3. The van der Waals surface area contributed by atoms with Gasteiger partial charge in [-0.05, 0) is 96.5 Å². The molecule has 0 aliphatic heterocycles. The summed E-state index contributed by atoms with van der Waals surface area (Å²) in [5, 5.41) is 12.0. The fourth-order valence-electron chi connectivity index (χ4n) is 6.86. The van der Waals surface area contributed by atoms with Crippen LogP contribution in [0.5, 0.6) is 0 Å². The van der Waals surface area contributed by atoms with E-state index in [4.69, 9.17) is 0 Å². The number of hydrogen-bond donors (Lipinski definition) is 0. The standard InChI is InChI=1S/C40H22S3/c1-4-10-33-24(7-1)19-36(41-33)27-15-13-23-14-16-29-31(37-20-25-8-2-5-11-34(25)42-37)22-32(30-18-17-28(27)39(23)40(29)30)38-21-26-9-3-6-12-35(26)43-38/h1-22H. The summed E-state index contributed by atoms with van der Waals surface area (Å²) < 4.78 is 4.00. The zero-order chi connectivity index (χ0) is 28.1. The van der Waals surface area contributed by atoms with Crippen molar-refractivity contribution in [1.82, 2.24) is 0 Å². The number of thiophene rings is 3. The molecule has 43 heavy (non-hydrogen) atoms. The number of fused-ring (bicyclic) bond motifs is 3. The predicted molar refractivity (Wildman–Crippen MR) is 193 cm³/mol. The van der Waals surface area contributed by atoms with Gasteiger partial charge in [0.1, 0.15) is 0 Å². The van der Waals surface area contributed by atoms with E-state index in [1.54, 1.807) is 0 Å². The van der Waals surface area contributed by atoms with Crippen molar-refractivity contribution < 1.29 is 0 Å². The second kappa shape index (κ2) is 8.98. The molecule has 0 atom stereocenters. The SMILES string of the molecule is c1ccc2sc(-c3ccc4ccc5c(-c6cc7ccccc7s6)cc(-c6cc7ccccc7s6)c6ccc3c4c56)cc2c1. The Labute approximate surface area is 260 Å². The molecule has 0 unspecified atom stereocenters. The predicted octanol–water partition coefficient (Wildman–Crippen LogP) is 13.2. The van der Waals surface area contributed by atoms with Crippen molar-refractivity contribution in [2.75, 3.05) is 0 Å². The van der Waals surface area contributed by atoms with Crippen molar-refractivity contribution in [2.45, 2.75) is 0 Å². The van der Waals surface area contributed by atoms with Gasteiger partial charge in [0.2, 0.25) is 0 Å². The molecule has 0 radical (unpaired) electrons. The fourth-order valence-corrected chi connectivity index (χ4v) is 10.2. The van der Waals surface area contributed by atoms with E-state index in [9.17, 15) is 0 Å². The smallest absolute Gasteiger partial charge is 0.0361 e. The van der Waals surface area contributed by atoms with E-state index in [-0.39, 0.29) is 0 Å². The Kier molecular flexibility index (Phi) is 5.00. The number of hydrogen-bond acceptors (Lipinski definition) is 3. The van der Waals surface area contributed by atoms with Crippen LogP contribution in [-0.4, -0.2) is 0 Å². The summed E-state index contributed by atoms with van der Waals surface area (Å²) >= 11 is 5.68. The summed E-state index contributed by atoms with van der Waals surface area (Å²) in [7, 11) is 0. The summed E-state index contributed by atoms with van der Waals surface area (Å²) in [6.07, 6.45) is 0. The van der Waals surface area contributed by atoms with Crippen LogP contribution in [0.1, 0.15) is 0 Å². The molecular formula is C40H22S3. The molecule has 10 aromatic rings. The lowest BCUT2D eigenvalue weighted by Crippen LogP contribution is -1.90. The van der Waals surface area contributed by atoms with Crippen molar-refractivity contribution >= 4 is 96.6 Å². The molecule has 0 bridgehead atoms. The van der Waals surface area contributed by atoms with E-state index < -0.39 is 0 Å². The van der Waals surface area contributed by atoms with Crippen LogP contribution in [0, 0.1) is 0 Å². The molecular weight excluding hydrogens is 577 g/mol. The zero-order valence-corrected chi connectivity index (χ0v) is 25.4. The molecule has 0 N–H and O–H groups in total. The molecule has 0 aliphatic rings. The highest BCUT2D eigenvalue weighted by Gasteiger charge is 2.20. The monoisotopic (exact) mass is 598 g/mol. The van der Waals surface area contributed by atoms with Crippen LogP contribution in [-0.2, 0) is 0 Å². The first kappa shape index (κ1) is 24.0. The lowest BCUT2D eigenvalue weighted by atomic mass is 9.87. The molecule has 0 fully saturated rings. The molecule has 200 valence electrons. The Hall–Kier alpha value is -4.54. The highest BCUT2D eigenvalue weighted by Crippen LogP contribution is 2.49. The van der Waals surface area contributed by atoms with Gasteiger partial charge in [-0.15, -0.1) is 34.0 Å². The van der Waals surface area contributed by atoms with Crippen molar-refractivity contribution in [1.29, 1.82) is 0 Å². The maximum absolute atomic E-state index is 2.46. The molecule has 7 aromatic carbocycles. The van der Waals surface area contributed by atoms with Gasteiger partial charge < -0.3 is 0 Å². The van der Waals surface area contributed by atoms with E-state index in [1.807, 2.05) is 34.0 Å². The van der Waals surface area contributed by atoms with Crippen molar-refractivity contribution in [3.05, 3.63) is 133 Å². The Bertz CT molecular complexity index is 2490. The average Bonchev–Trinajstić information content (AvgIpc) is 3.79. The first-order valence-corrected chi connectivity index (χ1v) is 16.9. The molecule has 3 aromatic heterocycles.